The molecule has 0 aliphatic carbocycles. The van der Waals surface area contributed by atoms with Crippen LogP contribution in [0.1, 0.15) is 0 Å². The first-order valence-electron chi connectivity index (χ1n) is 9.73. The Morgan fingerprint density at radius 3 is 2.00 bits per heavy atom. The van der Waals surface area contributed by atoms with E-state index in [-0.39, 0.29) is 0 Å². The largest absolute Gasteiger partial charge is 0.455 e. The number of furan rings is 1. The van der Waals surface area contributed by atoms with Crippen LogP contribution in [-0.2, 0) is 0 Å². The van der Waals surface area contributed by atoms with Crippen molar-refractivity contribution in [1.82, 2.24) is 4.98 Å². The Balaban J connectivity index is 1.64. The van der Waals surface area contributed by atoms with E-state index in [4.69, 9.17) is 9.40 Å². The highest BCUT2D eigenvalue weighted by Crippen LogP contribution is 2.39. The zero-order chi connectivity index (χ0) is 19.2. The van der Waals surface area contributed by atoms with Gasteiger partial charge in [-0.2, -0.15) is 0 Å². The molecule has 0 fully saturated rings. The molecule has 2 nitrogen and oxygen atoms in total. The molecule has 0 aliphatic rings. The number of para-hydroxylation sites is 2. The van der Waals surface area contributed by atoms with Gasteiger partial charge >= 0.3 is 0 Å². The van der Waals surface area contributed by atoms with Crippen molar-refractivity contribution in [1.29, 1.82) is 0 Å². The summed E-state index contributed by atoms with van der Waals surface area (Å²) in [6.07, 6.45) is 1.93. The van der Waals surface area contributed by atoms with Crippen LogP contribution in [0.15, 0.2) is 108 Å². The highest BCUT2D eigenvalue weighted by atomic mass is 16.3. The van der Waals surface area contributed by atoms with Crippen molar-refractivity contribution in [2.45, 2.75) is 0 Å². The van der Waals surface area contributed by atoms with Gasteiger partial charge in [0.05, 0.1) is 5.69 Å². The molecule has 0 atom stereocenters. The van der Waals surface area contributed by atoms with E-state index in [1.54, 1.807) is 0 Å². The standard InChI is InChI=1S/C27H17NO/c1-2-8-18(9-3-1)21-12-6-13-22-23-14-7-15-24(27(23)29-26(21)22)25-16-19-10-4-5-11-20(19)17-28-25/h1-17H. The molecule has 2 heteroatoms. The number of aromatic nitrogens is 1. The second kappa shape index (κ2) is 6.32. The van der Waals surface area contributed by atoms with Crippen LogP contribution >= 0.6 is 0 Å². The lowest BCUT2D eigenvalue weighted by atomic mass is 10.0. The lowest BCUT2D eigenvalue weighted by molar-refractivity contribution is 0.671. The van der Waals surface area contributed by atoms with E-state index in [0.717, 1.165) is 49.7 Å². The lowest BCUT2D eigenvalue weighted by Crippen LogP contribution is -1.84. The third-order valence-corrected chi connectivity index (χ3v) is 5.52. The van der Waals surface area contributed by atoms with Crippen LogP contribution in [0.4, 0.5) is 0 Å². The summed E-state index contributed by atoms with van der Waals surface area (Å²) in [6.45, 7) is 0. The Bertz CT molecular complexity index is 1500. The van der Waals surface area contributed by atoms with E-state index in [1.165, 1.54) is 5.39 Å². The number of fused-ring (bicyclic) bond motifs is 4. The molecule has 0 radical (unpaired) electrons. The first-order chi connectivity index (χ1) is 14.4. The molecule has 2 aromatic heterocycles. The lowest BCUT2D eigenvalue weighted by Gasteiger charge is -2.04. The first-order valence-corrected chi connectivity index (χ1v) is 9.73. The van der Waals surface area contributed by atoms with Crippen LogP contribution in [0.25, 0.3) is 55.1 Å². The third kappa shape index (κ3) is 2.54. The van der Waals surface area contributed by atoms with Crippen molar-refractivity contribution in [3.8, 4) is 22.4 Å². The van der Waals surface area contributed by atoms with Crippen molar-refractivity contribution >= 4 is 32.7 Å². The van der Waals surface area contributed by atoms with Gasteiger partial charge in [0.2, 0.25) is 0 Å². The van der Waals surface area contributed by atoms with Crippen LogP contribution in [0.2, 0.25) is 0 Å². The Morgan fingerprint density at radius 2 is 1.21 bits per heavy atom. The highest BCUT2D eigenvalue weighted by molar-refractivity contribution is 6.13. The Morgan fingerprint density at radius 1 is 0.552 bits per heavy atom. The summed E-state index contributed by atoms with van der Waals surface area (Å²) in [5.74, 6) is 0. The first kappa shape index (κ1) is 16.1. The van der Waals surface area contributed by atoms with Crippen molar-refractivity contribution in [3.63, 3.8) is 0 Å². The number of rotatable bonds is 2. The van der Waals surface area contributed by atoms with Crippen molar-refractivity contribution in [3.05, 3.63) is 103 Å². The maximum absolute atomic E-state index is 6.50. The van der Waals surface area contributed by atoms with Gasteiger partial charge in [-0.3, -0.25) is 4.98 Å². The van der Waals surface area contributed by atoms with Gasteiger partial charge in [-0.1, -0.05) is 84.9 Å². The molecule has 0 saturated carbocycles. The second-order valence-electron chi connectivity index (χ2n) is 7.25. The topological polar surface area (TPSA) is 26.0 Å². The minimum Gasteiger partial charge on any atom is -0.455 e. The predicted molar refractivity (Wildman–Crippen MR) is 120 cm³/mol. The SMILES string of the molecule is c1ccc(-c2cccc3c2oc2c(-c4cc5ccccc5cn4)cccc23)cc1. The molecular formula is C27H17NO. The normalized spacial score (nSPS) is 11.4. The van der Waals surface area contributed by atoms with Gasteiger partial charge in [-0.05, 0) is 23.1 Å². The zero-order valence-electron chi connectivity index (χ0n) is 15.7. The average Bonchev–Trinajstić information content (AvgIpc) is 3.18. The predicted octanol–water partition coefficient (Wildman–Crippen LogP) is 7.47. The summed E-state index contributed by atoms with van der Waals surface area (Å²) < 4.78 is 6.50. The molecule has 6 aromatic rings. The van der Waals surface area contributed by atoms with E-state index in [1.807, 2.05) is 18.3 Å². The van der Waals surface area contributed by atoms with E-state index < -0.39 is 0 Å². The quantitative estimate of drug-likeness (QED) is 0.315. The maximum Gasteiger partial charge on any atom is 0.144 e. The summed E-state index contributed by atoms with van der Waals surface area (Å²) >= 11 is 0. The molecule has 2 heterocycles. The second-order valence-corrected chi connectivity index (χ2v) is 7.25. The zero-order valence-corrected chi connectivity index (χ0v) is 15.7. The molecule has 0 aliphatic heterocycles. The summed E-state index contributed by atoms with van der Waals surface area (Å²) in [6, 6.07) is 33.5. The van der Waals surface area contributed by atoms with E-state index in [2.05, 4.69) is 84.9 Å². The Kier molecular flexibility index (Phi) is 3.50. The monoisotopic (exact) mass is 371 g/mol. The Hall–Kier alpha value is -3.91. The van der Waals surface area contributed by atoms with Crippen molar-refractivity contribution in [2.24, 2.45) is 0 Å². The molecule has 0 bridgehead atoms. The fraction of sp³-hybridized carbons (Fsp3) is 0. The summed E-state index contributed by atoms with van der Waals surface area (Å²) in [7, 11) is 0. The minimum atomic E-state index is 0.883. The van der Waals surface area contributed by atoms with Crippen LogP contribution in [0, 0.1) is 0 Å². The average molecular weight is 371 g/mol. The number of hydrogen-bond acceptors (Lipinski definition) is 2. The molecule has 6 rings (SSSR count). The van der Waals surface area contributed by atoms with Crippen molar-refractivity contribution < 1.29 is 4.42 Å². The number of pyridine rings is 1. The maximum atomic E-state index is 6.50. The summed E-state index contributed by atoms with van der Waals surface area (Å²) in [5, 5.41) is 4.56. The molecule has 0 spiro atoms. The van der Waals surface area contributed by atoms with Gasteiger partial charge in [0.1, 0.15) is 11.2 Å². The van der Waals surface area contributed by atoms with Gasteiger partial charge < -0.3 is 4.42 Å². The van der Waals surface area contributed by atoms with E-state index in [9.17, 15) is 0 Å². The summed E-state index contributed by atoms with van der Waals surface area (Å²) in [4.78, 5) is 4.72. The highest BCUT2D eigenvalue weighted by Gasteiger charge is 2.16. The van der Waals surface area contributed by atoms with Gasteiger partial charge in [-0.15, -0.1) is 0 Å². The van der Waals surface area contributed by atoms with Crippen LogP contribution in [0.5, 0.6) is 0 Å². The van der Waals surface area contributed by atoms with E-state index >= 15 is 0 Å². The molecule has 0 amide bonds. The van der Waals surface area contributed by atoms with Gasteiger partial charge in [0, 0.05) is 33.5 Å². The van der Waals surface area contributed by atoms with Crippen molar-refractivity contribution in [2.75, 3.05) is 0 Å². The number of benzene rings is 4. The van der Waals surface area contributed by atoms with E-state index in [0.29, 0.717) is 0 Å². The number of hydrogen-bond donors (Lipinski definition) is 0. The third-order valence-electron chi connectivity index (χ3n) is 5.52. The molecule has 29 heavy (non-hydrogen) atoms. The summed E-state index contributed by atoms with van der Waals surface area (Å²) in [5.41, 5.74) is 6.01. The smallest absolute Gasteiger partial charge is 0.144 e. The Labute approximate surface area is 168 Å². The molecule has 0 N–H and O–H groups in total. The van der Waals surface area contributed by atoms with Crippen LogP contribution in [-0.4, -0.2) is 4.98 Å². The minimum absolute atomic E-state index is 0.883. The molecular weight excluding hydrogens is 354 g/mol. The molecule has 0 saturated heterocycles. The fourth-order valence-electron chi connectivity index (χ4n) is 4.10. The van der Waals surface area contributed by atoms with Gasteiger partial charge in [0.15, 0.2) is 0 Å². The van der Waals surface area contributed by atoms with Crippen LogP contribution in [0.3, 0.4) is 0 Å². The van der Waals surface area contributed by atoms with Gasteiger partial charge in [0.25, 0.3) is 0 Å². The fourth-order valence-corrected chi connectivity index (χ4v) is 4.10. The molecule has 136 valence electrons. The van der Waals surface area contributed by atoms with Crippen LogP contribution < -0.4 is 0 Å². The molecule has 0 unspecified atom stereocenters. The van der Waals surface area contributed by atoms with Gasteiger partial charge in [-0.25, -0.2) is 0 Å². The number of nitrogens with zero attached hydrogens (tertiary/aromatic N) is 1. The molecule has 4 aromatic carbocycles.